The summed E-state index contributed by atoms with van der Waals surface area (Å²) in [5, 5.41) is 3.21. The molecule has 0 heterocycles. The average Bonchev–Trinajstić information content (AvgIpc) is 2.35. The second-order valence-electron chi connectivity index (χ2n) is 4.39. The van der Waals surface area contributed by atoms with Crippen molar-refractivity contribution in [3.8, 4) is 0 Å². The van der Waals surface area contributed by atoms with Gasteiger partial charge in [-0.05, 0) is 26.8 Å². The summed E-state index contributed by atoms with van der Waals surface area (Å²) in [6.45, 7) is 9.26. The van der Waals surface area contributed by atoms with Crippen LogP contribution in [0.2, 0.25) is 0 Å². The van der Waals surface area contributed by atoms with E-state index in [4.69, 9.17) is 5.84 Å². The Kier molecular flexibility index (Phi) is 9.86. The van der Waals surface area contributed by atoms with Gasteiger partial charge in [-0.25, -0.2) is 5.84 Å². The van der Waals surface area contributed by atoms with Crippen LogP contribution >= 0.6 is 0 Å². The Balaban J connectivity index is 3.79. The molecule has 0 aromatic heterocycles. The van der Waals surface area contributed by atoms with E-state index < -0.39 is 0 Å². The lowest BCUT2D eigenvalue weighted by molar-refractivity contribution is 0.255. The van der Waals surface area contributed by atoms with Crippen LogP contribution in [0.25, 0.3) is 0 Å². The van der Waals surface area contributed by atoms with Crippen LogP contribution in [0.3, 0.4) is 0 Å². The smallest absolute Gasteiger partial charge is 0.205 e. The number of nitrogens with two attached hydrogens (primary N) is 1. The molecule has 0 amide bonds. The van der Waals surface area contributed by atoms with Crippen molar-refractivity contribution < 1.29 is 0 Å². The molecule has 1 unspecified atom stereocenters. The van der Waals surface area contributed by atoms with E-state index in [0.717, 1.165) is 32.5 Å². The molecule has 0 aliphatic heterocycles. The number of guanidine groups is 1. The summed E-state index contributed by atoms with van der Waals surface area (Å²) < 4.78 is 0. The van der Waals surface area contributed by atoms with Crippen molar-refractivity contribution in [2.45, 2.75) is 46.1 Å². The minimum absolute atomic E-state index is 0.614. The van der Waals surface area contributed by atoms with Gasteiger partial charge in [-0.2, -0.15) is 0 Å². The van der Waals surface area contributed by atoms with E-state index in [1.807, 2.05) is 0 Å². The lowest BCUT2D eigenvalue weighted by Crippen LogP contribution is -2.45. The summed E-state index contributed by atoms with van der Waals surface area (Å²) in [6, 6.07) is 0.614. The van der Waals surface area contributed by atoms with E-state index in [0.29, 0.717) is 12.0 Å². The van der Waals surface area contributed by atoms with E-state index in [2.05, 4.69) is 48.5 Å². The molecule has 5 nitrogen and oxygen atoms in total. The van der Waals surface area contributed by atoms with Crippen molar-refractivity contribution in [1.82, 2.24) is 15.6 Å². The molecule has 0 aromatic rings. The highest BCUT2D eigenvalue weighted by Crippen LogP contribution is 1.97. The van der Waals surface area contributed by atoms with E-state index in [-0.39, 0.29) is 0 Å². The highest BCUT2D eigenvalue weighted by Gasteiger charge is 2.05. The van der Waals surface area contributed by atoms with Crippen LogP contribution in [0.1, 0.15) is 40.0 Å². The first-order valence-electron chi connectivity index (χ1n) is 6.60. The lowest BCUT2D eigenvalue weighted by Gasteiger charge is -2.23. The van der Waals surface area contributed by atoms with E-state index >= 15 is 0 Å². The zero-order valence-electron chi connectivity index (χ0n) is 11.8. The zero-order valence-corrected chi connectivity index (χ0v) is 11.8. The summed E-state index contributed by atoms with van der Waals surface area (Å²) >= 11 is 0. The number of nitrogens with zero attached hydrogens (tertiary/aromatic N) is 2. The largest absolute Gasteiger partial charge is 0.354 e. The maximum Gasteiger partial charge on any atom is 0.205 e. The molecule has 4 N–H and O–H groups in total. The minimum Gasteiger partial charge on any atom is -0.354 e. The van der Waals surface area contributed by atoms with Crippen molar-refractivity contribution in [1.29, 1.82) is 0 Å². The molecule has 0 spiro atoms. The normalized spacial score (nSPS) is 13.9. The maximum absolute atomic E-state index is 5.40. The lowest BCUT2D eigenvalue weighted by atomic mass is 10.2. The first-order chi connectivity index (χ1) is 8.15. The van der Waals surface area contributed by atoms with Gasteiger partial charge in [-0.3, -0.25) is 10.4 Å². The first-order valence-corrected chi connectivity index (χ1v) is 6.60. The summed E-state index contributed by atoms with van der Waals surface area (Å²) in [4.78, 5) is 6.67. The highest BCUT2D eigenvalue weighted by atomic mass is 15.3. The van der Waals surface area contributed by atoms with Crippen molar-refractivity contribution >= 4 is 5.96 Å². The van der Waals surface area contributed by atoms with E-state index in [9.17, 15) is 0 Å². The Hall–Kier alpha value is -0.810. The van der Waals surface area contributed by atoms with Crippen molar-refractivity contribution in [2.75, 3.05) is 26.7 Å². The molecule has 0 rings (SSSR count). The second-order valence-corrected chi connectivity index (χ2v) is 4.39. The van der Waals surface area contributed by atoms with Gasteiger partial charge in [0, 0.05) is 25.7 Å². The molecule has 5 heteroatoms. The average molecular weight is 243 g/mol. The van der Waals surface area contributed by atoms with Crippen LogP contribution in [0.4, 0.5) is 0 Å². The molecular formula is C12H29N5. The van der Waals surface area contributed by atoms with Crippen molar-refractivity contribution in [3.63, 3.8) is 0 Å². The summed E-state index contributed by atoms with van der Waals surface area (Å²) in [5.74, 6) is 6.09. The molecule has 0 bridgehead atoms. The first kappa shape index (κ1) is 16.2. The van der Waals surface area contributed by atoms with Gasteiger partial charge in [0.25, 0.3) is 0 Å². The third-order valence-electron chi connectivity index (χ3n) is 3.02. The Morgan fingerprint density at radius 3 is 2.65 bits per heavy atom. The van der Waals surface area contributed by atoms with Gasteiger partial charge in [0.15, 0.2) is 0 Å². The highest BCUT2D eigenvalue weighted by molar-refractivity contribution is 5.79. The fourth-order valence-corrected chi connectivity index (χ4v) is 1.38. The van der Waals surface area contributed by atoms with Gasteiger partial charge in [-0.15, -0.1) is 0 Å². The van der Waals surface area contributed by atoms with Crippen LogP contribution < -0.4 is 16.6 Å². The molecule has 0 aliphatic rings. The summed E-state index contributed by atoms with van der Waals surface area (Å²) in [5.41, 5.74) is 2.60. The number of hydrazine groups is 1. The quantitative estimate of drug-likeness (QED) is 0.195. The number of likely N-dealkylation sites (N-methyl/N-ethyl adjacent to an activating group) is 1. The summed E-state index contributed by atoms with van der Waals surface area (Å²) in [6.07, 6.45) is 3.42. The third-order valence-corrected chi connectivity index (χ3v) is 3.02. The predicted octanol–water partition coefficient (Wildman–Crippen LogP) is 0.926. The Labute approximate surface area is 106 Å². The number of unbranched alkanes of at least 4 members (excludes halogenated alkanes) is 1. The molecule has 0 aromatic carbocycles. The monoisotopic (exact) mass is 243 g/mol. The third kappa shape index (κ3) is 7.99. The van der Waals surface area contributed by atoms with Gasteiger partial charge in [0.05, 0.1) is 0 Å². The van der Waals surface area contributed by atoms with Gasteiger partial charge < -0.3 is 10.2 Å². The zero-order chi connectivity index (χ0) is 13.1. The molecule has 17 heavy (non-hydrogen) atoms. The van der Waals surface area contributed by atoms with Gasteiger partial charge in [-0.1, -0.05) is 20.3 Å². The molecule has 1 atom stereocenters. The second kappa shape index (κ2) is 10.4. The van der Waals surface area contributed by atoms with Crippen LogP contribution in [0.15, 0.2) is 4.99 Å². The topological polar surface area (TPSA) is 65.7 Å². The minimum atomic E-state index is 0.614. The molecule has 0 saturated heterocycles. The number of hydrogen-bond acceptors (Lipinski definition) is 3. The number of nitrogens with one attached hydrogen (secondary N) is 2. The Morgan fingerprint density at radius 2 is 2.12 bits per heavy atom. The SMILES string of the molecule is CCCCN=C(NN)NCCN(C)C(C)CC. The van der Waals surface area contributed by atoms with Crippen LogP contribution in [-0.2, 0) is 0 Å². The fourth-order valence-electron chi connectivity index (χ4n) is 1.38. The molecular weight excluding hydrogens is 214 g/mol. The molecule has 0 saturated carbocycles. The standard InChI is InChI=1S/C12H29N5/c1-5-7-8-14-12(16-13)15-9-10-17(4)11(3)6-2/h11H,5-10,13H2,1-4H3,(H2,14,15,16). The van der Waals surface area contributed by atoms with E-state index in [1.165, 1.54) is 6.42 Å². The van der Waals surface area contributed by atoms with E-state index in [1.54, 1.807) is 0 Å². The maximum atomic E-state index is 5.40. The number of aliphatic imine (C=N–C) groups is 1. The van der Waals surface area contributed by atoms with Crippen LogP contribution in [0, 0.1) is 0 Å². The Morgan fingerprint density at radius 1 is 1.41 bits per heavy atom. The molecule has 0 aliphatic carbocycles. The van der Waals surface area contributed by atoms with Gasteiger partial charge >= 0.3 is 0 Å². The fraction of sp³-hybridized carbons (Fsp3) is 0.917. The molecule has 0 fully saturated rings. The number of hydrogen-bond donors (Lipinski definition) is 3. The van der Waals surface area contributed by atoms with Gasteiger partial charge in [0.1, 0.15) is 0 Å². The van der Waals surface area contributed by atoms with Crippen LogP contribution in [0.5, 0.6) is 0 Å². The van der Waals surface area contributed by atoms with Crippen LogP contribution in [-0.4, -0.2) is 43.6 Å². The van der Waals surface area contributed by atoms with Crippen molar-refractivity contribution in [3.05, 3.63) is 0 Å². The number of rotatable bonds is 8. The summed E-state index contributed by atoms with van der Waals surface area (Å²) in [7, 11) is 2.14. The predicted molar refractivity (Wildman–Crippen MR) is 74.9 cm³/mol. The Bertz CT molecular complexity index is 205. The molecule has 102 valence electrons. The van der Waals surface area contributed by atoms with Crippen molar-refractivity contribution in [2.24, 2.45) is 10.8 Å². The molecule has 0 radical (unpaired) electrons. The van der Waals surface area contributed by atoms with Gasteiger partial charge in [0.2, 0.25) is 5.96 Å².